The lowest BCUT2D eigenvalue weighted by atomic mass is 9.91. The molecule has 0 aliphatic carbocycles. The first kappa shape index (κ1) is 38.4. The van der Waals surface area contributed by atoms with Crippen molar-refractivity contribution in [2.45, 2.75) is 0 Å². The molecule has 3 heteroatoms. The number of fused-ring (bicyclic) bond motifs is 7. The fourth-order valence-corrected chi connectivity index (χ4v) is 15.9. The molecule has 0 aromatic heterocycles. The highest BCUT2D eigenvalue weighted by molar-refractivity contribution is 7.21. The van der Waals surface area contributed by atoms with Gasteiger partial charge in [0.05, 0.1) is 22.7 Å². The normalized spacial score (nSPS) is 12.4. The van der Waals surface area contributed by atoms with E-state index in [0.717, 1.165) is 34.1 Å². The van der Waals surface area contributed by atoms with E-state index in [2.05, 4.69) is 277 Å². The van der Waals surface area contributed by atoms with Crippen LogP contribution >= 0.6 is 0 Å². The summed E-state index contributed by atoms with van der Waals surface area (Å²) in [5, 5.41) is 10.2. The summed E-state index contributed by atoms with van der Waals surface area (Å²) in [5.74, 6) is 0. The average molecular weight is 845 g/mol. The van der Waals surface area contributed by atoms with Crippen molar-refractivity contribution in [3.8, 4) is 22.3 Å². The highest BCUT2D eigenvalue weighted by Crippen LogP contribution is 2.50. The van der Waals surface area contributed by atoms with Crippen LogP contribution < -0.4 is 30.5 Å². The average Bonchev–Trinajstić information content (AvgIpc) is 3.50. The lowest BCUT2D eigenvalue weighted by Gasteiger charge is -2.38. The van der Waals surface area contributed by atoms with E-state index < -0.39 is 8.07 Å². The Bertz CT molecular complexity index is 3250. The highest BCUT2D eigenvalue weighted by Gasteiger charge is 2.48. The Hall–Kier alpha value is -8.24. The summed E-state index contributed by atoms with van der Waals surface area (Å²) in [5.41, 5.74) is 11.7. The first-order valence-electron chi connectivity index (χ1n) is 22.4. The van der Waals surface area contributed by atoms with Crippen LogP contribution in [0.2, 0.25) is 0 Å². The van der Waals surface area contributed by atoms with Crippen molar-refractivity contribution in [3.63, 3.8) is 0 Å². The second-order valence-corrected chi connectivity index (χ2v) is 20.5. The third kappa shape index (κ3) is 6.23. The molecule has 0 amide bonds. The lowest BCUT2D eigenvalue weighted by Crippen LogP contribution is -2.75. The van der Waals surface area contributed by atoms with Gasteiger partial charge in [0.2, 0.25) is 0 Å². The smallest absolute Gasteiger partial charge is 0.181 e. The SMILES string of the molecule is c1ccc(N(c2cccc3c2-c2ccccc2-c2c(N(c4ccccc4)c4cccc5ccccc45)cccc2[Si]3(c2ccccc2)c2ccccc2)c2cccc3ccccc23)cc1. The van der Waals surface area contributed by atoms with Crippen molar-refractivity contribution in [2.75, 3.05) is 9.80 Å². The van der Waals surface area contributed by atoms with Crippen LogP contribution in [0.15, 0.2) is 267 Å². The molecule has 0 unspecified atom stereocenters. The minimum atomic E-state index is -3.24. The van der Waals surface area contributed by atoms with Crippen molar-refractivity contribution in [3.05, 3.63) is 267 Å². The number of benzene rings is 11. The zero-order chi connectivity index (χ0) is 43.2. The topological polar surface area (TPSA) is 6.48 Å². The third-order valence-corrected chi connectivity index (χ3v) is 18.1. The van der Waals surface area contributed by atoms with Crippen molar-refractivity contribution >= 4 is 84.5 Å². The van der Waals surface area contributed by atoms with Crippen molar-refractivity contribution in [1.29, 1.82) is 0 Å². The molecule has 0 atom stereocenters. The number of rotatable bonds is 8. The third-order valence-electron chi connectivity index (χ3n) is 13.3. The maximum absolute atomic E-state index is 3.24. The summed E-state index contributed by atoms with van der Waals surface area (Å²) in [7, 11) is -3.24. The van der Waals surface area contributed by atoms with Gasteiger partial charge in [0, 0.05) is 33.3 Å². The number of anilines is 6. The Morgan fingerprint density at radius 2 is 0.569 bits per heavy atom. The minimum absolute atomic E-state index is 1.11. The van der Waals surface area contributed by atoms with Gasteiger partial charge in [-0.25, -0.2) is 0 Å². The molecule has 11 aromatic carbocycles. The zero-order valence-electron chi connectivity index (χ0n) is 35.8. The number of hydrogen-bond acceptors (Lipinski definition) is 2. The molecule has 0 bridgehead atoms. The van der Waals surface area contributed by atoms with Crippen molar-refractivity contribution in [2.24, 2.45) is 0 Å². The maximum Gasteiger partial charge on any atom is 0.181 e. The summed E-state index contributed by atoms with van der Waals surface area (Å²) in [4.78, 5) is 5.02. The Kier molecular flexibility index (Phi) is 9.55. The van der Waals surface area contributed by atoms with Crippen LogP contribution in [0.3, 0.4) is 0 Å². The second-order valence-electron chi connectivity index (χ2n) is 16.8. The minimum Gasteiger partial charge on any atom is -0.309 e. The van der Waals surface area contributed by atoms with E-state index in [-0.39, 0.29) is 0 Å². The first-order valence-corrected chi connectivity index (χ1v) is 24.4. The molecular weight excluding hydrogens is 801 g/mol. The van der Waals surface area contributed by atoms with E-state index >= 15 is 0 Å². The predicted octanol–water partition coefficient (Wildman–Crippen LogP) is 14.0. The van der Waals surface area contributed by atoms with Gasteiger partial charge in [0.1, 0.15) is 0 Å². The zero-order valence-corrected chi connectivity index (χ0v) is 36.8. The lowest BCUT2D eigenvalue weighted by molar-refractivity contribution is 1.30. The van der Waals surface area contributed by atoms with E-state index in [9.17, 15) is 0 Å². The molecule has 0 saturated heterocycles. The molecule has 1 heterocycles. The highest BCUT2D eigenvalue weighted by atomic mass is 28.3. The fraction of sp³-hybridized carbons (Fsp3) is 0. The monoisotopic (exact) mass is 844 g/mol. The molecule has 0 spiro atoms. The van der Waals surface area contributed by atoms with E-state index in [1.165, 1.54) is 64.5 Å². The van der Waals surface area contributed by atoms with E-state index in [1.54, 1.807) is 0 Å². The predicted molar refractivity (Wildman–Crippen MR) is 279 cm³/mol. The van der Waals surface area contributed by atoms with Gasteiger partial charge in [0.15, 0.2) is 8.07 Å². The first-order chi connectivity index (χ1) is 32.3. The van der Waals surface area contributed by atoms with Gasteiger partial charge in [-0.05, 0) is 91.2 Å². The van der Waals surface area contributed by atoms with E-state index in [0.29, 0.717) is 0 Å². The molecule has 2 nitrogen and oxygen atoms in total. The van der Waals surface area contributed by atoms with Crippen LogP contribution in [0.1, 0.15) is 0 Å². The van der Waals surface area contributed by atoms with Gasteiger partial charge in [-0.15, -0.1) is 0 Å². The van der Waals surface area contributed by atoms with Crippen LogP contribution in [0.5, 0.6) is 0 Å². The van der Waals surface area contributed by atoms with Gasteiger partial charge in [-0.3, -0.25) is 0 Å². The number of para-hydroxylation sites is 2. The molecule has 0 N–H and O–H groups in total. The standard InChI is InChI=1S/C62H44N2Si/c1-5-27-47(28-6-1)63(55-39-19-25-45-23-13-15-35-51(45)55)57-41-21-43-59-61(57)53-37-17-18-38-54(53)62-58(64(48-29-7-2-8-30-48)56-40-20-26-46-24-14-16-36-52(46)56)42-22-44-60(62)65(59,49-31-9-3-10-32-49)50-33-11-4-12-34-50/h1-44H. The molecule has 0 radical (unpaired) electrons. The van der Waals surface area contributed by atoms with Gasteiger partial charge >= 0.3 is 0 Å². The molecule has 12 rings (SSSR count). The van der Waals surface area contributed by atoms with E-state index in [4.69, 9.17) is 0 Å². The Labute approximate surface area is 381 Å². The van der Waals surface area contributed by atoms with Crippen LogP contribution in [-0.2, 0) is 0 Å². The summed E-state index contributed by atoms with van der Waals surface area (Å²) < 4.78 is 0. The number of nitrogens with zero attached hydrogens (tertiary/aromatic N) is 2. The van der Waals surface area contributed by atoms with Crippen LogP contribution in [0, 0.1) is 0 Å². The molecule has 11 aromatic rings. The van der Waals surface area contributed by atoms with Crippen LogP contribution in [0.25, 0.3) is 43.8 Å². The molecule has 1 aliphatic rings. The summed E-state index contributed by atoms with van der Waals surface area (Å²) in [6.45, 7) is 0. The molecular formula is C62H44N2Si. The largest absolute Gasteiger partial charge is 0.309 e. The Morgan fingerprint density at radius 3 is 1.00 bits per heavy atom. The van der Waals surface area contributed by atoms with E-state index in [1.807, 2.05) is 0 Å². The maximum atomic E-state index is 2.51. The van der Waals surface area contributed by atoms with Crippen molar-refractivity contribution in [1.82, 2.24) is 0 Å². The molecule has 0 saturated carbocycles. The van der Waals surface area contributed by atoms with Gasteiger partial charge < -0.3 is 9.80 Å². The molecule has 0 fully saturated rings. The quantitative estimate of drug-likeness (QED) is 0.141. The number of hydrogen-bond donors (Lipinski definition) is 0. The van der Waals surface area contributed by atoms with Crippen LogP contribution in [-0.4, -0.2) is 8.07 Å². The molecule has 1 aliphatic heterocycles. The molecule has 65 heavy (non-hydrogen) atoms. The molecule has 306 valence electrons. The summed E-state index contributed by atoms with van der Waals surface area (Å²) in [6.07, 6.45) is 0. The summed E-state index contributed by atoms with van der Waals surface area (Å²) in [6, 6.07) is 99.0. The second kappa shape index (κ2) is 16.1. The van der Waals surface area contributed by atoms with Crippen molar-refractivity contribution < 1.29 is 0 Å². The van der Waals surface area contributed by atoms with Gasteiger partial charge in [-0.2, -0.15) is 0 Å². The Morgan fingerprint density at radius 1 is 0.246 bits per heavy atom. The van der Waals surface area contributed by atoms with Gasteiger partial charge in [-0.1, -0.05) is 218 Å². The van der Waals surface area contributed by atoms with Gasteiger partial charge in [0.25, 0.3) is 0 Å². The van der Waals surface area contributed by atoms with Crippen LogP contribution in [0.4, 0.5) is 34.1 Å². The summed E-state index contributed by atoms with van der Waals surface area (Å²) >= 11 is 0. The fourth-order valence-electron chi connectivity index (χ4n) is 10.6. The Balaban J connectivity index is 1.27.